The monoisotopic (exact) mass is 301 g/mol. The third kappa shape index (κ3) is 2.10. The van der Waals surface area contributed by atoms with Gasteiger partial charge in [0.1, 0.15) is 17.3 Å². The maximum atomic E-state index is 13.4. The largest absolute Gasteiger partial charge is 0.287 e. The summed E-state index contributed by atoms with van der Waals surface area (Å²) in [6, 6.07) is 2.77. The average Bonchev–Trinajstić information content (AvgIpc) is 2.58. The van der Waals surface area contributed by atoms with Gasteiger partial charge in [-0.05, 0) is 28.1 Å². The molecule has 0 saturated heterocycles. The molecule has 0 aliphatic rings. The molecule has 7 heteroatoms. The molecule has 0 fully saturated rings. The molecule has 17 heavy (non-hydrogen) atoms. The molecule has 0 atom stereocenters. The molecule has 1 aromatic heterocycles. The Morgan fingerprint density at radius 3 is 2.65 bits per heavy atom. The number of carbonyl (C=O) groups is 1. The van der Waals surface area contributed by atoms with Crippen molar-refractivity contribution in [2.45, 2.75) is 0 Å². The Balaban J connectivity index is 2.51. The first-order chi connectivity index (χ1) is 8.00. The molecule has 0 aliphatic carbocycles. The Morgan fingerprint density at radius 2 is 2.12 bits per heavy atom. The van der Waals surface area contributed by atoms with Crippen LogP contribution in [-0.4, -0.2) is 20.8 Å². The van der Waals surface area contributed by atoms with E-state index in [4.69, 9.17) is 0 Å². The predicted octanol–water partition coefficient (Wildman–Crippen LogP) is 2.09. The summed E-state index contributed by atoms with van der Waals surface area (Å²) >= 11 is 3.04. The highest BCUT2D eigenvalue weighted by Gasteiger charge is 2.21. The van der Waals surface area contributed by atoms with E-state index in [1.807, 2.05) is 0 Å². The van der Waals surface area contributed by atoms with E-state index in [0.29, 0.717) is 6.07 Å². The van der Waals surface area contributed by atoms with Gasteiger partial charge in [0.25, 0.3) is 0 Å². The molecule has 88 valence electrons. The van der Waals surface area contributed by atoms with Crippen molar-refractivity contribution in [3.8, 4) is 0 Å². The highest BCUT2D eigenvalue weighted by Crippen LogP contribution is 2.19. The van der Waals surface area contributed by atoms with Crippen molar-refractivity contribution >= 4 is 21.7 Å². The molecule has 4 nitrogen and oxygen atoms in total. The van der Waals surface area contributed by atoms with Crippen LogP contribution in [0.2, 0.25) is 0 Å². The van der Waals surface area contributed by atoms with Crippen molar-refractivity contribution in [2.24, 2.45) is 7.05 Å². The minimum Gasteiger partial charge on any atom is -0.287 e. The van der Waals surface area contributed by atoms with Crippen LogP contribution < -0.4 is 0 Å². The van der Waals surface area contributed by atoms with Gasteiger partial charge in [0.15, 0.2) is 4.60 Å². The van der Waals surface area contributed by atoms with Crippen LogP contribution in [0.3, 0.4) is 0 Å². The summed E-state index contributed by atoms with van der Waals surface area (Å²) in [5, 5.41) is 7.23. The van der Waals surface area contributed by atoms with Gasteiger partial charge in [0.2, 0.25) is 5.78 Å². The van der Waals surface area contributed by atoms with E-state index in [0.717, 1.165) is 12.1 Å². The van der Waals surface area contributed by atoms with Crippen molar-refractivity contribution in [1.82, 2.24) is 15.0 Å². The topological polar surface area (TPSA) is 47.8 Å². The van der Waals surface area contributed by atoms with Gasteiger partial charge >= 0.3 is 0 Å². The lowest BCUT2D eigenvalue weighted by Crippen LogP contribution is -2.10. The van der Waals surface area contributed by atoms with Crippen molar-refractivity contribution < 1.29 is 13.6 Å². The summed E-state index contributed by atoms with van der Waals surface area (Å²) < 4.78 is 27.6. The molecule has 0 N–H and O–H groups in total. The van der Waals surface area contributed by atoms with Crippen molar-refractivity contribution in [3.63, 3.8) is 0 Å². The van der Waals surface area contributed by atoms with E-state index in [2.05, 4.69) is 26.2 Å². The lowest BCUT2D eigenvalue weighted by Gasteiger charge is -2.02. The van der Waals surface area contributed by atoms with Gasteiger partial charge < -0.3 is 0 Å². The maximum absolute atomic E-state index is 13.4. The molecule has 0 bridgehead atoms. The zero-order chi connectivity index (χ0) is 12.6. The summed E-state index contributed by atoms with van der Waals surface area (Å²) in [5.41, 5.74) is -0.118. The number of halogens is 3. The first-order valence-electron chi connectivity index (χ1n) is 4.55. The minimum atomic E-state index is -0.914. The maximum Gasteiger partial charge on any atom is 0.216 e. The number of aryl methyl sites for hydroxylation is 1. The lowest BCUT2D eigenvalue weighted by atomic mass is 10.1. The van der Waals surface area contributed by atoms with Crippen LogP contribution in [0, 0.1) is 11.6 Å². The molecule has 2 aromatic rings. The molecular formula is C10H6BrF2N3O. The molecule has 0 radical (unpaired) electrons. The van der Waals surface area contributed by atoms with Gasteiger partial charge in [0, 0.05) is 13.1 Å². The SMILES string of the molecule is Cn1nnc(Br)c1C(=O)c1ccc(F)cc1F. The molecule has 1 aromatic carbocycles. The quantitative estimate of drug-likeness (QED) is 0.798. The highest BCUT2D eigenvalue weighted by molar-refractivity contribution is 9.10. The van der Waals surface area contributed by atoms with Crippen molar-refractivity contribution in [1.29, 1.82) is 0 Å². The van der Waals surface area contributed by atoms with Gasteiger partial charge in [-0.1, -0.05) is 5.21 Å². The second-order valence-corrected chi connectivity index (χ2v) is 4.06. The second-order valence-electron chi connectivity index (χ2n) is 3.31. The van der Waals surface area contributed by atoms with Gasteiger partial charge in [-0.15, -0.1) is 5.10 Å². The normalized spacial score (nSPS) is 10.6. The van der Waals surface area contributed by atoms with Gasteiger partial charge in [0.05, 0.1) is 5.56 Å². The first kappa shape index (κ1) is 11.8. The van der Waals surface area contributed by atoms with E-state index < -0.39 is 17.4 Å². The van der Waals surface area contributed by atoms with E-state index in [-0.39, 0.29) is 15.9 Å². The van der Waals surface area contributed by atoms with Crippen LogP contribution in [-0.2, 0) is 7.05 Å². The average molecular weight is 302 g/mol. The Kier molecular flexibility index (Phi) is 3.01. The number of hydrogen-bond acceptors (Lipinski definition) is 3. The van der Waals surface area contributed by atoms with Crippen LogP contribution in [0.25, 0.3) is 0 Å². The molecule has 2 rings (SSSR count). The number of ketones is 1. The molecule has 1 heterocycles. The summed E-state index contributed by atoms with van der Waals surface area (Å²) in [4.78, 5) is 12.0. The standard InChI is InChI=1S/C10H6BrF2N3O/c1-16-8(10(11)14-15-16)9(17)6-3-2-5(12)4-7(6)13/h2-4H,1H3. The number of aromatic nitrogens is 3. The molecule has 0 aliphatic heterocycles. The van der Waals surface area contributed by atoms with Crippen molar-refractivity contribution in [2.75, 3.05) is 0 Å². The lowest BCUT2D eigenvalue weighted by molar-refractivity contribution is 0.102. The Labute approximate surface area is 103 Å². The molecule has 0 spiro atoms. The fourth-order valence-electron chi connectivity index (χ4n) is 1.37. The summed E-state index contributed by atoms with van der Waals surface area (Å²) in [6.45, 7) is 0. The second kappa shape index (κ2) is 4.33. The summed E-state index contributed by atoms with van der Waals surface area (Å²) in [7, 11) is 1.51. The zero-order valence-corrected chi connectivity index (χ0v) is 10.2. The summed E-state index contributed by atoms with van der Waals surface area (Å²) in [6.07, 6.45) is 0. The molecule has 0 saturated carbocycles. The fraction of sp³-hybridized carbons (Fsp3) is 0.100. The van der Waals surface area contributed by atoms with Crippen LogP contribution in [0.15, 0.2) is 22.8 Å². The third-order valence-electron chi connectivity index (χ3n) is 2.18. The number of hydrogen-bond donors (Lipinski definition) is 0. The van der Waals surface area contributed by atoms with E-state index in [1.54, 1.807) is 0 Å². The Bertz CT molecular complexity index is 578. The Morgan fingerprint density at radius 1 is 1.41 bits per heavy atom. The Hall–Kier alpha value is -1.63. The zero-order valence-electron chi connectivity index (χ0n) is 8.62. The van der Waals surface area contributed by atoms with E-state index in [1.165, 1.54) is 11.7 Å². The van der Waals surface area contributed by atoms with E-state index >= 15 is 0 Å². The minimum absolute atomic E-state index is 0.107. The number of carbonyl (C=O) groups excluding carboxylic acids is 1. The number of benzene rings is 1. The van der Waals surface area contributed by atoms with Crippen LogP contribution >= 0.6 is 15.9 Å². The molecule has 0 unspecified atom stereocenters. The summed E-state index contributed by atoms with van der Waals surface area (Å²) in [5.74, 6) is -2.26. The number of nitrogens with zero attached hydrogens (tertiary/aromatic N) is 3. The van der Waals surface area contributed by atoms with Gasteiger partial charge in [-0.25, -0.2) is 13.5 Å². The van der Waals surface area contributed by atoms with E-state index in [9.17, 15) is 13.6 Å². The smallest absolute Gasteiger partial charge is 0.216 e. The highest BCUT2D eigenvalue weighted by atomic mass is 79.9. The predicted molar refractivity (Wildman–Crippen MR) is 58.5 cm³/mol. The molecule has 0 amide bonds. The fourth-order valence-corrected chi connectivity index (χ4v) is 1.88. The van der Waals surface area contributed by atoms with Crippen LogP contribution in [0.4, 0.5) is 8.78 Å². The van der Waals surface area contributed by atoms with Crippen LogP contribution in [0.5, 0.6) is 0 Å². The third-order valence-corrected chi connectivity index (χ3v) is 2.71. The van der Waals surface area contributed by atoms with Crippen LogP contribution in [0.1, 0.15) is 16.1 Å². The molecular weight excluding hydrogens is 296 g/mol. The van der Waals surface area contributed by atoms with Crippen molar-refractivity contribution in [3.05, 3.63) is 45.7 Å². The van der Waals surface area contributed by atoms with Gasteiger partial charge in [-0.3, -0.25) is 4.79 Å². The van der Waals surface area contributed by atoms with Gasteiger partial charge in [-0.2, -0.15) is 0 Å². The number of rotatable bonds is 2. The first-order valence-corrected chi connectivity index (χ1v) is 5.35.